The lowest BCUT2D eigenvalue weighted by atomic mass is 10.1. The van der Waals surface area contributed by atoms with Gasteiger partial charge in [0, 0.05) is 27.9 Å². The Morgan fingerprint density at radius 1 is 1.06 bits per heavy atom. The summed E-state index contributed by atoms with van der Waals surface area (Å²) in [6, 6.07) is 8.60. The van der Waals surface area contributed by atoms with Crippen LogP contribution in [0.3, 0.4) is 0 Å². The largest absolute Gasteiger partial charge is 0.506 e. The molecule has 0 bridgehead atoms. The summed E-state index contributed by atoms with van der Waals surface area (Å²) < 4.78 is 5.59. The van der Waals surface area contributed by atoms with E-state index in [2.05, 4.69) is 0 Å². The van der Waals surface area contributed by atoms with E-state index in [4.69, 9.17) is 21.8 Å². The molecule has 2 aromatic carbocycles. The number of phenolic OH excluding ortho intramolecular Hbond substituents is 1. The standard InChI is InChI=1S/C12H8ClNO2/c13-6-1-2-7-8-4-10(15)9(14)5-12(8)16-11(7)3-6/h1-5,15H,14H2. The molecule has 0 saturated heterocycles. The van der Waals surface area contributed by atoms with Gasteiger partial charge in [0.2, 0.25) is 0 Å². The van der Waals surface area contributed by atoms with Gasteiger partial charge in [-0.25, -0.2) is 0 Å². The fraction of sp³-hybridized carbons (Fsp3) is 0. The third-order valence-corrected chi connectivity index (χ3v) is 2.82. The summed E-state index contributed by atoms with van der Waals surface area (Å²) in [5.74, 6) is 0.0603. The molecule has 0 spiro atoms. The monoisotopic (exact) mass is 233 g/mol. The summed E-state index contributed by atoms with van der Waals surface area (Å²) in [5.41, 5.74) is 7.24. The van der Waals surface area contributed by atoms with Gasteiger partial charge in [-0.15, -0.1) is 0 Å². The number of rotatable bonds is 0. The molecule has 1 heterocycles. The van der Waals surface area contributed by atoms with Crippen LogP contribution in [0.25, 0.3) is 21.9 Å². The lowest BCUT2D eigenvalue weighted by Crippen LogP contribution is -1.83. The molecular weight excluding hydrogens is 226 g/mol. The smallest absolute Gasteiger partial charge is 0.139 e. The molecule has 0 fully saturated rings. The number of hydrogen-bond acceptors (Lipinski definition) is 3. The number of nitrogen functional groups attached to an aromatic ring is 1. The van der Waals surface area contributed by atoms with E-state index in [9.17, 15) is 5.11 Å². The predicted molar refractivity (Wildman–Crippen MR) is 64.8 cm³/mol. The second-order valence-electron chi connectivity index (χ2n) is 3.65. The van der Waals surface area contributed by atoms with Crippen molar-refractivity contribution in [2.75, 3.05) is 5.73 Å². The van der Waals surface area contributed by atoms with E-state index < -0.39 is 0 Å². The van der Waals surface area contributed by atoms with E-state index in [0.29, 0.717) is 21.9 Å². The molecule has 3 rings (SSSR count). The van der Waals surface area contributed by atoms with E-state index in [1.165, 1.54) is 0 Å². The van der Waals surface area contributed by atoms with Gasteiger partial charge < -0.3 is 15.3 Å². The zero-order valence-electron chi connectivity index (χ0n) is 8.20. The zero-order chi connectivity index (χ0) is 11.3. The maximum absolute atomic E-state index is 9.56. The van der Waals surface area contributed by atoms with E-state index in [-0.39, 0.29) is 5.75 Å². The first-order valence-corrected chi connectivity index (χ1v) is 5.13. The van der Waals surface area contributed by atoms with Crippen molar-refractivity contribution in [3.8, 4) is 5.75 Å². The Morgan fingerprint density at radius 3 is 2.62 bits per heavy atom. The Kier molecular flexibility index (Phi) is 1.79. The van der Waals surface area contributed by atoms with Crippen molar-refractivity contribution in [3.63, 3.8) is 0 Å². The Morgan fingerprint density at radius 2 is 1.81 bits per heavy atom. The van der Waals surface area contributed by atoms with Gasteiger partial charge in [-0.3, -0.25) is 0 Å². The average molecular weight is 234 g/mol. The van der Waals surface area contributed by atoms with Crippen LogP contribution in [0.1, 0.15) is 0 Å². The molecule has 0 amide bonds. The minimum atomic E-state index is 0.0603. The summed E-state index contributed by atoms with van der Waals surface area (Å²) in [4.78, 5) is 0. The van der Waals surface area contributed by atoms with Gasteiger partial charge in [-0.2, -0.15) is 0 Å². The second kappa shape index (κ2) is 3.06. The van der Waals surface area contributed by atoms with Crippen LogP contribution in [0, 0.1) is 0 Å². The van der Waals surface area contributed by atoms with E-state index in [0.717, 1.165) is 10.8 Å². The normalized spacial score (nSPS) is 11.3. The molecule has 0 radical (unpaired) electrons. The Labute approximate surface area is 96.0 Å². The number of benzene rings is 2. The van der Waals surface area contributed by atoms with Crippen molar-refractivity contribution in [1.29, 1.82) is 0 Å². The molecule has 0 saturated carbocycles. The molecule has 0 atom stereocenters. The maximum Gasteiger partial charge on any atom is 0.139 e. The fourth-order valence-corrected chi connectivity index (χ4v) is 1.96. The first kappa shape index (κ1) is 9.36. The van der Waals surface area contributed by atoms with Crippen LogP contribution in [0.15, 0.2) is 34.7 Å². The number of furan rings is 1. The van der Waals surface area contributed by atoms with Gasteiger partial charge in [-0.1, -0.05) is 11.6 Å². The van der Waals surface area contributed by atoms with Crippen molar-refractivity contribution in [3.05, 3.63) is 35.4 Å². The number of fused-ring (bicyclic) bond motifs is 3. The van der Waals surface area contributed by atoms with E-state index in [1.807, 2.05) is 6.07 Å². The molecular formula is C12H8ClNO2. The molecule has 0 aliphatic heterocycles. The number of nitrogens with two attached hydrogens (primary N) is 1. The highest BCUT2D eigenvalue weighted by Crippen LogP contribution is 2.35. The van der Waals surface area contributed by atoms with Crippen LogP contribution >= 0.6 is 11.6 Å². The summed E-state index contributed by atoms with van der Waals surface area (Å²) in [6.07, 6.45) is 0. The van der Waals surface area contributed by atoms with Gasteiger partial charge in [0.1, 0.15) is 16.9 Å². The topological polar surface area (TPSA) is 59.4 Å². The summed E-state index contributed by atoms with van der Waals surface area (Å²) in [5, 5.41) is 11.9. The summed E-state index contributed by atoms with van der Waals surface area (Å²) in [7, 11) is 0. The molecule has 0 aliphatic carbocycles. The zero-order valence-corrected chi connectivity index (χ0v) is 8.95. The highest BCUT2D eigenvalue weighted by Gasteiger charge is 2.09. The van der Waals surface area contributed by atoms with E-state index >= 15 is 0 Å². The Balaban J connectivity index is 2.51. The quantitative estimate of drug-likeness (QED) is 0.461. The Hall–Kier alpha value is -1.87. The van der Waals surface area contributed by atoms with Gasteiger partial charge in [0.15, 0.2) is 0 Å². The van der Waals surface area contributed by atoms with E-state index in [1.54, 1.807) is 24.3 Å². The lowest BCUT2D eigenvalue weighted by molar-refractivity contribution is 0.478. The minimum Gasteiger partial charge on any atom is -0.506 e. The van der Waals surface area contributed by atoms with Crippen molar-refractivity contribution in [1.82, 2.24) is 0 Å². The van der Waals surface area contributed by atoms with Gasteiger partial charge in [0.05, 0.1) is 5.69 Å². The molecule has 0 unspecified atom stereocenters. The molecule has 4 heteroatoms. The number of halogens is 1. The third-order valence-electron chi connectivity index (χ3n) is 2.58. The van der Waals surface area contributed by atoms with Crippen molar-refractivity contribution >= 4 is 39.2 Å². The molecule has 1 aromatic heterocycles. The molecule has 0 aliphatic rings. The summed E-state index contributed by atoms with van der Waals surface area (Å²) in [6.45, 7) is 0. The molecule has 3 N–H and O–H groups in total. The van der Waals surface area contributed by atoms with Crippen LogP contribution in [0.5, 0.6) is 5.75 Å². The minimum absolute atomic E-state index is 0.0603. The molecule has 16 heavy (non-hydrogen) atoms. The number of hydrogen-bond donors (Lipinski definition) is 2. The van der Waals surface area contributed by atoms with Crippen LogP contribution in [0.4, 0.5) is 5.69 Å². The van der Waals surface area contributed by atoms with Crippen molar-refractivity contribution in [2.45, 2.75) is 0 Å². The second-order valence-corrected chi connectivity index (χ2v) is 4.09. The van der Waals surface area contributed by atoms with Crippen LogP contribution in [-0.2, 0) is 0 Å². The van der Waals surface area contributed by atoms with Crippen LogP contribution in [0.2, 0.25) is 5.02 Å². The van der Waals surface area contributed by atoms with Gasteiger partial charge in [-0.05, 0) is 18.2 Å². The first-order chi connectivity index (χ1) is 7.65. The fourth-order valence-electron chi connectivity index (χ4n) is 1.80. The highest BCUT2D eigenvalue weighted by molar-refractivity contribution is 6.31. The maximum atomic E-state index is 9.56. The highest BCUT2D eigenvalue weighted by atomic mass is 35.5. The molecule has 3 aromatic rings. The van der Waals surface area contributed by atoms with Crippen molar-refractivity contribution < 1.29 is 9.52 Å². The van der Waals surface area contributed by atoms with Gasteiger partial charge >= 0.3 is 0 Å². The molecule has 80 valence electrons. The average Bonchev–Trinajstić information content (AvgIpc) is 2.55. The number of anilines is 1. The number of phenols is 1. The lowest BCUT2D eigenvalue weighted by Gasteiger charge is -1.96. The van der Waals surface area contributed by atoms with Crippen molar-refractivity contribution in [2.24, 2.45) is 0 Å². The third kappa shape index (κ3) is 1.22. The SMILES string of the molecule is Nc1cc2oc3cc(Cl)ccc3c2cc1O. The molecule has 3 nitrogen and oxygen atoms in total. The number of aromatic hydroxyl groups is 1. The van der Waals surface area contributed by atoms with Crippen LogP contribution in [-0.4, -0.2) is 5.11 Å². The summed E-state index contributed by atoms with van der Waals surface area (Å²) >= 11 is 5.87. The predicted octanol–water partition coefficient (Wildman–Crippen LogP) is 3.53. The van der Waals surface area contributed by atoms with Crippen LogP contribution < -0.4 is 5.73 Å². The Bertz CT molecular complexity index is 703. The van der Waals surface area contributed by atoms with Gasteiger partial charge in [0.25, 0.3) is 0 Å². The first-order valence-electron chi connectivity index (χ1n) is 4.75.